The van der Waals surface area contributed by atoms with Gasteiger partial charge in [-0.2, -0.15) is 8.42 Å². The van der Waals surface area contributed by atoms with Crippen LogP contribution in [0.25, 0.3) is 0 Å². The average molecular weight is 317 g/mol. The summed E-state index contributed by atoms with van der Waals surface area (Å²) in [5.74, 6) is -1.83. The van der Waals surface area contributed by atoms with E-state index in [1.54, 1.807) is 13.8 Å². The molecular formula is C13H19NO6S. The van der Waals surface area contributed by atoms with Crippen molar-refractivity contribution in [2.24, 2.45) is 5.92 Å². The monoisotopic (exact) mass is 317 g/mol. The molecule has 0 saturated heterocycles. The lowest BCUT2D eigenvalue weighted by molar-refractivity contribution is -0.137. The minimum atomic E-state index is -4.44. The minimum absolute atomic E-state index is 0.0283. The Labute approximate surface area is 123 Å². The van der Waals surface area contributed by atoms with Gasteiger partial charge in [0.05, 0.1) is 0 Å². The summed E-state index contributed by atoms with van der Waals surface area (Å²) >= 11 is 0. The van der Waals surface area contributed by atoms with Crippen molar-refractivity contribution in [2.75, 3.05) is 6.54 Å². The van der Waals surface area contributed by atoms with E-state index in [9.17, 15) is 22.8 Å². The number of ketones is 1. The van der Waals surface area contributed by atoms with Gasteiger partial charge in [-0.15, -0.1) is 0 Å². The Balaban J connectivity index is 2.50. The lowest BCUT2D eigenvalue weighted by atomic mass is 10.0. The van der Waals surface area contributed by atoms with Crippen LogP contribution in [0.5, 0.6) is 0 Å². The fourth-order valence-corrected chi connectivity index (χ4v) is 3.09. The molecule has 0 saturated carbocycles. The third-order valence-electron chi connectivity index (χ3n) is 3.24. The van der Waals surface area contributed by atoms with E-state index >= 15 is 0 Å². The maximum Gasteiger partial charge on any atom is 0.274 e. The molecule has 1 N–H and O–H groups in total. The van der Waals surface area contributed by atoms with E-state index in [0.29, 0.717) is 12.8 Å². The van der Waals surface area contributed by atoms with Gasteiger partial charge >= 0.3 is 0 Å². The summed E-state index contributed by atoms with van der Waals surface area (Å²) in [5.41, 5.74) is 0. The second kappa shape index (κ2) is 6.95. The maximum atomic E-state index is 11.8. The Morgan fingerprint density at radius 2 is 1.71 bits per heavy atom. The third-order valence-corrected chi connectivity index (χ3v) is 4.43. The van der Waals surface area contributed by atoms with Gasteiger partial charge in [-0.05, 0) is 19.3 Å². The van der Waals surface area contributed by atoms with Crippen LogP contribution in [-0.2, 0) is 24.5 Å². The molecule has 1 rings (SSSR count). The molecule has 21 heavy (non-hydrogen) atoms. The van der Waals surface area contributed by atoms with Crippen LogP contribution in [0.4, 0.5) is 0 Å². The van der Waals surface area contributed by atoms with E-state index in [-0.39, 0.29) is 13.0 Å². The molecule has 1 aliphatic rings. The molecule has 0 aromatic rings. The summed E-state index contributed by atoms with van der Waals surface area (Å²) in [6.45, 7) is 3.29. The van der Waals surface area contributed by atoms with Crippen molar-refractivity contribution in [1.82, 2.24) is 4.90 Å². The van der Waals surface area contributed by atoms with Crippen LogP contribution < -0.4 is 0 Å². The first kappa shape index (κ1) is 17.5. The van der Waals surface area contributed by atoms with Crippen molar-refractivity contribution in [2.45, 2.75) is 38.4 Å². The summed E-state index contributed by atoms with van der Waals surface area (Å²) in [7, 11) is -4.44. The van der Waals surface area contributed by atoms with E-state index in [1.807, 2.05) is 0 Å². The van der Waals surface area contributed by atoms with Crippen LogP contribution in [0.3, 0.4) is 0 Å². The number of Topliss-reactive ketones (excluding diaryl/α,β-unsaturated/α-hetero) is 1. The van der Waals surface area contributed by atoms with Crippen molar-refractivity contribution < 1.29 is 27.4 Å². The number of amides is 2. The number of carbonyl (C=O) groups excluding carboxylic acids is 3. The van der Waals surface area contributed by atoms with Crippen molar-refractivity contribution in [3.63, 3.8) is 0 Å². The highest BCUT2D eigenvalue weighted by molar-refractivity contribution is 7.87. The molecule has 2 amide bonds. The van der Waals surface area contributed by atoms with Gasteiger partial charge in [0.2, 0.25) is 0 Å². The van der Waals surface area contributed by atoms with Crippen LogP contribution >= 0.6 is 0 Å². The Bertz CT molecular complexity index is 545. The number of imide groups is 1. The fraction of sp³-hybridized carbons (Fsp3) is 0.615. The molecular weight excluding hydrogens is 298 g/mol. The van der Waals surface area contributed by atoms with E-state index in [0.717, 1.165) is 4.90 Å². The normalized spacial score (nSPS) is 16.9. The zero-order valence-electron chi connectivity index (χ0n) is 12.0. The van der Waals surface area contributed by atoms with E-state index < -0.39 is 38.9 Å². The van der Waals surface area contributed by atoms with Crippen molar-refractivity contribution in [3.8, 4) is 0 Å². The van der Waals surface area contributed by atoms with Gasteiger partial charge in [0.25, 0.3) is 21.9 Å². The second-order valence-corrected chi connectivity index (χ2v) is 6.82. The number of unbranched alkanes of at least 4 members (excludes halogenated alkanes) is 1. The van der Waals surface area contributed by atoms with Crippen LogP contribution in [0.2, 0.25) is 0 Å². The highest BCUT2D eigenvalue weighted by Crippen LogP contribution is 2.16. The summed E-state index contributed by atoms with van der Waals surface area (Å²) in [5, 5.41) is -1.44. The van der Waals surface area contributed by atoms with E-state index in [4.69, 9.17) is 4.55 Å². The highest BCUT2D eigenvalue weighted by atomic mass is 32.2. The van der Waals surface area contributed by atoms with E-state index in [1.165, 1.54) is 12.2 Å². The van der Waals surface area contributed by atoms with Crippen LogP contribution in [0, 0.1) is 5.92 Å². The van der Waals surface area contributed by atoms with Gasteiger partial charge in [0.1, 0.15) is 5.25 Å². The summed E-state index contributed by atoms with van der Waals surface area (Å²) < 4.78 is 31.6. The van der Waals surface area contributed by atoms with Gasteiger partial charge in [-0.1, -0.05) is 13.8 Å². The van der Waals surface area contributed by atoms with Gasteiger partial charge in [-0.25, -0.2) is 0 Å². The first-order valence-corrected chi connectivity index (χ1v) is 8.18. The molecule has 0 aliphatic carbocycles. The molecule has 1 atom stereocenters. The van der Waals surface area contributed by atoms with E-state index in [2.05, 4.69) is 0 Å². The van der Waals surface area contributed by atoms with Gasteiger partial charge in [-0.3, -0.25) is 23.8 Å². The zero-order valence-corrected chi connectivity index (χ0v) is 12.8. The molecule has 7 nitrogen and oxygen atoms in total. The standard InChI is InChI=1S/C13H19NO6S/c1-9(2)13(17)10(21(18,19)20)5-3-4-8-14-11(15)6-7-12(14)16/h6-7,9-10H,3-5,8H2,1-2H3,(H,18,19,20). The van der Waals surface area contributed by atoms with Crippen molar-refractivity contribution in [3.05, 3.63) is 12.2 Å². The molecule has 0 fully saturated rings. The van der Waals surface area contributed by atoms with Gasteiger partial charge in [0, 0.05) is 24.6 Å². The summed E-state index contributed by atoms with van der Waals surface area (Å²) in [6.07, 6.45) is 2.99. The maximum absolute atomic E-state index is 11.8. The number of nitrogens with zero attached hydrogens (tertiary/aromatic N) is 1. The van der Waals surface area contributed by atoms with Crippen LogP contribution in [-0.4, -0.2) is 47.3 Å². The molecule has 118 valence electrons. The molecule has 0 spiro atoms. The van der Waals surface area contributed by atoms with Gasteiger partial charge in [0.15, 0.2) is 5.78 Å². The number of hydrogen-bond acceptors (Lipinski definition) is 5. The smallest absolute Gasteiger partial charge is 0.274 e. The quantitative estimate of drug-likeness (QED) is 0.398. The van der Waals surface area contributed by atoms with Crippen molar-refractivity contribution >= 4 is 27.7 Å². The van der Waals surface area contributed by atoms with Crippen molar-refractivity contribution in [1.29, 1.82) is 0 Å². The molecule has 1 heterocycles. The largest absolute Gasteiger partial charge is 0.298 e. The predicted octanol–water partition coefficient (Wildman–Crippen LogP) is 0.563. The first-order valence-electron chi connectivity index (χ1n) is 6.68. The summed E-state index contributed by atoms with van der Waals surface area (Å²) in [4.78, 5) is 35.4. The molecule has 0 radical (unpaired) electrons. The number of rotatable bonds is 8. The lowest BCUT2D eigenvalue weighted by Crippen LogP contribution is -2.34. The number of carbonyl (C=O) groups is 3. The Morgan fingerprint density at radius 1 is 1.19 bits per heavy atom. The fourth-order valence-electron chi connectivity index (χ4n) is 2.06. The zero-order chi connectivity index (χ0) is 16.2. The predicted molar refractivity (Wildman–Crippen MR) is 74.9 cm³/mol. The molecule has 0 aromatic heterocycles. The molecule has 0 aromatic carbocycles. The highest BCUT2D eigenvalue weighted by Gasteiger charge is 2.32. The summed E-state index contributed by atoms with van der Waals surface area (Å²) in [6, 6.07) is 0. The lowest BCUT2D eigenvalue weighted by Gasteiger charge is -2.16. The molecule has 8 heteroatoms. The SMILES string of the molecule is CC(C)C(=O)C(CCCCN1C(=O)C=CC1=O)S(=O)(=O)O. The first-order chi connectivity index (χ1) is 9.64. The number of hydrogen-bond donors (Lipinski definition) is 1. The Hall–Kier alpha value is -1.54. The molecule has 1 unspecified atom stereocenters. The molecule has 0 bridgehead atoms. The second-order valence-electron chi connectivity index (χ2n) is 5.22. The van der Waals surface area contributed by atoms with Gasteiger partial charge < -0.3 is 0 Å². The minimum Gasteiger partial charge on any atom is -0.298 e. The average Bonchev–Trinajstić information content (AvgIpc) is 2.67. The van der Waals surface area contributed by atoms with Crippen LogP contribution in [0.1, 0.15) is 33.1 Å². The Morgan fingerprint density at radius 3 is 2.14 bits per heavy atom. The topological polar surface area (TPSA) is 109 Å². The molecule has 1 aliphatic heterocycles. The van der Waals surface area contributed by atoms with Crippen LogP contribution in [0.15, 0.2) is 12.2 Å². The Kier molecular flexibility index (Phi) is 5.79. The third kappa shape index (κ3) is 4.75.